The molecule has 1 aromatic rings. The zero-order chi connectivity index (χ0) is 10.6. The largest absolute Gasteiger partial charge is 0.484 e. The van der Waals surface area contributed by atoms with Crippen molar-refractivity contribution in [3.05, 3.63) is 29.8 Å². The van der Waals surface area contributed by atoms with E-state index in [1.54, 1.807) is 0 Å². The third-order valence-electron chi connectivity index (χ3n) is 1.41. The Labute approximate surface area is 78.9 Å². The molecule has 0 bridgehead atoms. The number of hydrogen-bond acceptors (Lipinski definition) is 2. The lowest BCUT2D eigenvalue weighted by atomic mass is 10.2. The minimum Gasteiger partial charge on any atom is -0.484 e. The average Bonchev–Trinajstić information content (AvgIpc) is 2.14. The van der Waals surface area contributed by atoms with E-state index in [0.29, 0.717) is 5.56 Å². The summed E-state index contributed by atoms with van der Waals surface area (Å²) >= 11 is 0. The fraction of sp³-hybridized carbons (Fsp3) is 0.333. The van der Waals surface area contributed by atoms with E-state index in [2.05, 4.69) is 10.8 Å². The molecule has 0 atom stereocenters. The third kappa shape index (κ3) is 3.66. The van der Waals surface area contributed by atoms with Crippen LogP contribution in [0.15, 0.2) is 18.2 Å². The smallest absolute Gasteiger partial charge is 0.422 e. The Kier molecular flexibility index (Phi) is 3.35. The highest BCUT2D eigenvalue weighted by molar-refractivity contribution is 5.27. The van der Waals surface area contributed by atoms with Crippen LogP contribution in [0.1, 0.15) is 5.56 Å². The topological polar surface area (TPSA) is 29.5 Å². The molecule has 14 heavy (non-hydrogen) atoms. The monoisotopic (exact) mass is 205 g/mol. The predicted molar refractivity (Wildman–Crippen MR) is 42.8 cm³/mol. The summed E-state index contributed by atoms with van der Waals surface area (Å²) in [5.74, 6) is 0.0499. The third-order valence-corrected chi connectivity index (χ3v) is 1.41. The maximum Gasteiger partial charge on any atom is 0.422 e. The van der Waals surface area contributed by atoms with Gasteiger partial charge in [0.1, 0.15) is 5.75 Å². The number of aliphatic hydroxyl groups excluding tert-OH is 1. The summed E-state index contributed by atoms with van der Waals surface area (Å²) < 4.78 is 39.7. The molecule has 0 spiro atoms. The molecular weight excluding hydrogens is 197 g/mol. The summed E-state index contributed by atoms with van der Waals surface area (Å²) in [6, 6.07) is 6.66. The minimum atomic E-state index is -4.35. The van der Waals surface area contributed by atoms with Gasteiger partial charge in [-0.05, 0) is 29.8 Å². The molecule has 77 valence electrons. The number of ether oxygens (including phenoxy) is 1. The van der Waals surface area contributed by atoms with E-state index >= 15 is 0 Å². The highest BCUT2D eigenvalue weighted by Crippen LogP contribution is 2.18. The quantitative estimate of drug-likeness (QED) is 0.816. The van der Waals surface area contributed by atoms with Gasteiger partial charge in [-0.2, -0.15) is 13.2 Å². The average molecular weight is 205 g/mol. The van der Waals surface area contributed by atoms with Gasteiger partial charge in [-0.1, -0.05) is 0 Å². The second-order valence-electron chi connectivity index (χ2n) is 2.64. The van der Waals surface area contributed by atoms with Crippen molar-refractivity contribution in [1.82, 2.24) is 0 Å². The van der Waals surface area contributed by atoms with Crippen molar-refractivity contribution in [2.75, 3.05) is 6.61 Å². The van der Waals surface area contributed by atoms with Crippen molar-refractivity contribution in [2.24, 2.45) is 0 Å². The molecule has 5 heteroatoms. The first-order valence-corrected chi connectivity index (χ1v) is 3.82. The van der Waals surface area contributed by atoms with E-state index < -0.39 is 12.8 Å². The van der Waals surface area contributed by atoms with Crippen molar-refractivity contribution >= 4 is 0 Å². The number of rotatable bonds is 3. The summed E-state index contributed by atoms with van der Waals surface area (Å²) in [5, 5.41) is 8.69. The van der Waals surface area contributed by atoms with Crippen LogP contribution in [-0.2, 0) is 6.61 Å². The molecule has 1 N–H and O–H groups in total. The van der Waals surface area contributed by atoms with Gasteiger partial charge in [-0.15, -0.1) is 0 Å². The van der Waals surface area contributed by atoms with Crippen molar-refractivity contribution in [2.45, 2.75) is 12.8 Å². The van der Waals surface area contributed by atoms with Crippen LogP contribution in [-0.4, -0.2) is 17.9 Å². The van der Waals surface area contributed by atoms with Crippen LogP contribution in [0.3, 0.4) is 0 Å². The molecule has 0 aliphatic rings. The van der Waals surface area contributed by atoms with Gasteiger partial charge in [0.05, 0.1) is 6.61 Å². The summed E-state index contributed by atoms with van der Waals surface area (Å²) in [4.78, 5) is 0. The van der Waals surface area contributed by atoms with Crippen LogP contribution in [0.25, 0.3) is 0 Å². The molecule has 0 saturated heterocycles. The van der Waals surface area contributed by atoms with Gasteiger partial charge >= 0.3 is 6.18 Å². The maximum atomic E-state index is 11.7. The van der Waals surface area contributed by atoms with E-state index in [-0.39, 0.29) is 12.4 Å². The van der Waals surface area contributed by atoms with Crippen LogP contribution >= 0.6 is 0 Å². The molecule has 0 fully saturated rings. The first-order valence-electron chi connectivity index (χ1n) is 3.82. The number of alkyl halides is 3. The van der Waals surface area contributed by atoms with Gasteiger partial charge in [0.15, 0.2) is 6.61 Å². The van der Waals surface area contributed by atoms with Crippen LogP contribution in [0.2, 0.25) is 0 Å². The molecule has 0 aliphatic carbocycles. The molecule has 0 amide bonds. The van der Waals surface area contributed by atoms with Crippen LogP contribution in [0, 0.1) is 6.07 Å². The maximum absolute atomic E-state index is 11.7. The van der Waals surface area contributed by atoms with Crippen LogP contribution in [0.5, 0.6) is 5.75 Å². The number of aliphatic hydroxyl groups is 1. The lowest BCUT2D eigenvalue weighted by Gasteiger charge is -2.09. The highest BCUT2D eigenvalue weighted by atomic mass is 19.4. The molecule has 0 saturated carbocycles. The molecule has 1 rings (SSSR count). The molecule has 0 unspecified atom stereocenters. The standard InChI is InChI=1S/C9H8F3O2/c10-9(11,12)6-14-8-3-1-2-7(4-8)5-13/h2-4,13H,5-6H2. The van der Waals surface area contributed by atoms with E-state index in [4.69, 9.17) is 5.11 Å². The molecule has 1 aromatic carbocycles. The Bertz CT molecular complexity index is 296. The van der Waals surface area contributed by atoms with Crippen molar-refractivity contribution in [3.8, 4) is 5.75 Å². The fourth-order valence-corrected chi connectivity index (χ4v) is 0.837. The van der Waals surface area contributed by atoms with Gasteiger partial charge in [0.2, 0.25) is 0 Å². The van der Waals surface area contributed by atoms with Crippen molar-refractivity contribution < 1.29 is 23.0 Å². The molecule has 1 radical (unpaired) electrons. The predicted octanol–water partition coefficient (Wildman–Crippen LogP) is 1.92. The van der Waals surface area contributed by atoms with E-state index in [1.807, 2.05) is 0 Å². The molecular formula is C9H8F3O2. The molecule has 2 nitrogen and oxygen atoms in total. The van der Waals surface area contributed by atoms with E-state index in [0.717, 1.165) is 0 Å². The Morgan fingerprint density at radius 1 is 1.36 bits per heavy atom. The Hall–Kier alpha value is -1.23. The normalized spacial score (nSPS) is 11.4. The van der Waals surface area contributed by atoms with Gasteiger partial charge in [-0.3, -0.25) is 0 Å². The first kappa shape index (κ1) is 10.8. The van der Waals surface area contributed by atoms with Gasteiger partial charge < -0.3 is 9.84 Å². The highest BCUT2D eigenvalue weighted by Gasteiger charge is 2.28. The lowest BCUT2D eigenvalue weighted by Crippen LogP contribution is -2.19. The second-order valence-corrected chi connectivity index (χ2v) is 2.64. The number of halogens is 3. The molecule has 0 aromatic heterocycles. The Balaban J connectivity index is 2.59. The Morgan fingerprint density at radius 3 is 2.64 bits per heavy atom. The van der Waals surface area contributed by atoms with E-state index in [9.17, 15) is 13.2 Å². The molecule has 0 aliphatic heterocycles. The summed E-state index contributed by atoms with van der Waals surface area (Å²) in [6.45, 7) is -1.59. The zero-order valence-electron chi connectivity index (χ0n) is 7.14. The number of benzene rings is 1. The van der Waals surface area contributed by atoms with Crippen molar-refractivity contribution in [3.63, 3.8) is 0 Å². The van der Waals surface area contributed by atoms with Gasteiger partial charge in [-0.25, -0.2) is 0 Å². The van der Waals surface area contributed by atoms with E-state index in [1.165, 1.54) is 18.2 Å². The number of hydrogen-bond donors (Lipinski definition) is 1. The fourth-order valence-electron chi connectivity index (χ4n) is 0.837. The van der Waals surface area contributed by atoms with Gasteiger partial charge in [0.25, 0.3) is 0 Å². The molecule has 0 heterocycles. The van der Waals surface area contributed by atoms with Crippen molar-refractivity contribution in [1.29, 1.82) is 0 Å². The van der Waals surface area contributed by atoms with Crippen LogP contribution in [0.4, 0.5) is 13.2 Å². The summed E-state index contributed by atoms with van der Waals surface area (Å²) in [6.07, 6.45) is -4.35. The summed E-state index contributed by atoms with van der Waals surface area (Å²) in [5.41, 5.74) is 0.463. The Morgan fingerprint density at radius 2 is 2.07 bits per heavy atom. The summed E-state index contributed by atoms with van der Waals surface area (Å²) in [7, 11) is 0. The second kappa shape index (κ2) is 4.32. The zero-order valence-corrected chi connectivity index (χ0v) is 7.14. The van der Waals surface area contributed by atoms with Gasteiger partial charge in [0, 0.05) is 0 Å². The van der Waals surface area contributed by atoms with Crippen LogP contribution < -0.4 is 4.74 Å². The lowest BCUT2D eigenvalue weighted by molar-refractivity contribution is -0.153. The SMILES string of the molecule is OCc1c[c]cc(OCC(F)(F)F)c1. The first-order chi connectivity index (χ1) is 6.51. The minimum absolute atomic E-state index is 0.0499.